The van der Waals surface area contributed by atoms with Gasteiger partial charge in [0.1, 0.15) is 10.9 Å². The average molecular weight is 426 g/mol. The fourth-order valence-corrected chi connectivity index (χ4v) is 5.47. The Morgan fingerprint density at radius 1 is 1.23 bits per heavy atom. The number of thioether (sulfide) groups is 1. The molecule has 0 aliphatic carbocycles. The molecule has 12 heteroatoms. The number of thiophene rings is 1. The number of carbonyl (C=O) groups excluding carboxylic acids is 2. The summed E-state index contributed by atoms with van der Waals surface area (Å²) in [5, 5.41) is 9.22. The van der Waals surface area contributed by atoms with Crippen LogP contribution in [0.4, 0.5) is 0 Å². The molecule has 2 N–H and O–H groups in total. The fourth-order valence-electron chi connectivity index (χ4n) is 2.01. The standard InChI is InChI=1S/C14H19NO8S3/c1-7-9(12(18)22-2)14(25-10(7)13(19)23-3)26(20,21)15-8(11(16)17)5-6-24-4/h8,15H,5-6H2,1-4H3,(H,16,17)/t8-/m0/s1. The molecule has 0 spiro atoms. The van der Waals surface area contributed by atoms with Crippen molar-refractivity contribution >= 4 is 51.0 Å². The van der Waals surface area contributed by atoms with E-state index in [2.05, 4.69) is 14.2 Å². The van der Waals surface area contributed by atoms with E-state index in [-0.39, 0.29) is 22.4 Å². The summed E-state index contributed by atoms with van der Waals surface area (Å²) in [6.07, 6.45) is 1.81. The van der Waals surface area contributed by atoms with E-state index in [4.69, 9.17) is 0 Å². The van der Waals surface area contributed by atoms with E-state index < -0.39 is 38.2 Å². The summed E-state index contributed by atoms with van der Waals surface area (Å²) in [7, 11) is -2.21. The van der Waals surface area contributed by atoms with Crippen molar-refractivity contribution in [2.45, 2.75) is 23.6 Å². The molecule has 0 radical (unpaired) electrons. The maximum absolute atomic E-state index is 12.7. The van der Waals surface area contributed by atoms with Crippen LogP contribution in [-0.4, -0.2) is 63.7 Å². The van der Waals surface area contributed by atoms with Crippen molar-refractivity contribution in [3.05, 3.63) is 16.0 Å². The first-order valence-corrected chi connectivity index (χ1v) is 10.8. The average Bonchev–Trinajstić information content (AvgIpc) is 2.95. The number of nitrogens with one attached hydrogen (secondary N) is 1. The lowest BCUT2D eigenvalue weighted by atomic mass is 10.2. The summed E-state index contributed by atoms with van der Waals surface area (Å²) >= 11 is 1.89. The number of esters is 2. The van der Waals surface area contributed by atoms with Gasteiger partial charge in [0.15, 0.2) is 4.21 Å². The number of hydrogen-bond donors (Lipinski definition) is 2. The van der Waals surface area contributed by atoms with Gasteiger partial charge in [0.05, 0.1) is 19.8 Å². The van der Waals surface area contributed by atoms with Crippen LogP contribution in [0, 0.1) is 6.92 Å². The first-order chi connectivity index (χ1) is 12.1. The highest BCUT2D eigenvalue weighted by molar-refractivity contribution is 7.98. The summed E-state index contributed by atoms with van der Waals surface area (Å²) in [5.74, 6) is -2.69. The van der Waals surface area contributed by atoms with Crippen LogP contribution in [-0.2, 0) is 24.3 Å². The largest absolute Gasteiger partial charge is 0.480 e. The summed E-state index contributed by atoms with van der Waals surface area (Å²) < 4.78 is 36.2. The molecule has 0 fully saturated rings. The van der Waals surface area contributed by atoms with Gasteiger partial charge < -0.3 is 14.6 Å². The highest BCUT2D eigenvalue weighted by atomic mass is 32.2. The molecule has 0 saturated heterocycles. The Morgan fingerprint density at radius 3 is 2.27 bits per heavy atom. The normalized spacial score (nSPS) is 12.5. The highest BCUT2D eigenvalue weighted by Crippen LogP contribution is 2.33. The molecule has 0 unspecified atom stereocenters. The molecule has 1 rings (SSSR count). The maximum atomic E-state index is 12.7. The predicted molar refractivity (Wildman–Crippen MR) is 96.5 cm³/mol. The number of carboxylic acid groups (broad SMARTS) is 1. The number of carboxylic acids is 1. The number of aliphatic carboxylic acids is 1. The van der Waals surface area contributed by atoms with Crippen molar-refractivity contribution < 1.29 is 37.4 Å². The topological polar surface area (TPSA) is 136 Å². The van der Waals surface area contributed by atoms with Gasteiger partial charge in [-0.15, -0.1) is 11.3 Å². The molecular weight excluding hydrogens is 406 g/mol. The number of sulfonamides is 1. The Labute approximate surface area is 159 Å². The van der Waals surface area contributed by atoms with E-state index in [1.54, 1.807) is 6.26 Å². The summed E-state index contributed by atoms with van der Waals surface area (Å²) in [5.41, 5.74) is -0.232. The second kappa shape index (κ2) is 9.35. The van der Waals surface area contributed by atoms with Crippen molar-refractivity contribution in [3.8, 4) is 0 Å². The Morgan fingerprint density at radius 2 is 1.81 bits per heavy atom. The Kier molecular flexibility index (Phi) is 8.06. The van der Waals surface area contributed by atoms with Gasteiger partial charge in [0.2, 0.25) is 0 Å². The maximum Gasteiger partial charge on any atom is 0.348 e. The second-order valence-electron chi connectivity index (χ2n) is 5.00. The molecule has 0 aliphatic rings. The molecule has 1 aromatic rings. The Bertz CT molecular complexity index is 799. The van der Waals surface area contributed by atoms with Crippen molar-refractivity contribution in [2.75, 3.05) is 26.2 Å². The van der Waals surface area contributed by atoms with E-state index in [0.717, 1.165) is 14.2 Å². The second-order valence-corrected chi connectivity index (χ2v) is 8.91. The van der Waals surface area contributed by atoms with Gasteiger partial charge in [-0.3, -0.25) is 4.79 Å². The summed E-state index contributed by atoms with van der Waals surface area (Å²) in [6.45, 7) is 1.39. The molecule has 0 bridgehead atoms. The van der Waals surface area contributed by atoms with E-state index in [1.165, 1.54) is 18.7 Å². The van der Waals surface area contributed by atoms with Gasteiger partial charge in [-0.25, -0.2) is 18.0 Å². The minimum absolute atomic E-state index is 0.0531. The summed E-state index contributed by atoms with van der Waals surface area (Å²) in [4.78, 5) is 35.1. The number of carbonyl (C=O) groups is 3. The molecule has 0 aliphatic heterocycles. The van der Waals surface area contributed by atoms with Gasteiger partial charge in [0.25, 0.3) is 10.0 Å². The number of hydrogen-bond acceptors (Lipinski definition) is 9. The zero-order valence-corrected chi connectivity index (χ0v) is 17.0. The lowest BCUT2D eigenvalue weighted by Crippen LogP contribution is -2.41. The van der Waals surface area contributed by atoms with Crippen LogP contribution < -0.4 is 4.72 Å². The zero-order valence-electron chi connectivity index (χ0n) is 14.5. The first-order valence-electron chi connectivity index (χ1n) is 7.14. The van der Waals surface area contributed by atoms with Gasteiger partial charge >= 0.3 is 17.9 Å². The number of ether oxygens (including phenoxy) is 2. The van der Waals surface area contributed by atoms with Gasteiger partial charge in [0, 0.05) is 0 Å². The number of rotatable bonds is 9. The van der Waals surface area contributed by atoms with Crippen molar-refractivity contribution in [1.29, 1.82) is 0 Å². The Balaban J connectivity index is 3.44. The minimum Gasteiger partial charge on any atom is -0.480 e. The third-order valence-corrected chi connectivity index (χ3v) is 7.23. The molecule has 146 valence electrons. The van der Waals surface area contributed by atoms with Crippen LogP contribution in [0.15, 0.2) is 4.21 Å². The monoisotopic (exact) mass is 425 g/mol. The van der Waals surface area contributed by atoms with E-state index in [0.29, 0.717) is 17.1 Å². The molecule has 0 saturated carbocycles. The van der Waals surface area contributed by atoms with Crippen molar-refractivity contribution in [1.82, 2.24) is 4.72 Å². The molecule has 1 heterocycles. The third-order valence-electron chi connectivity index (χ3n) is 3.33. The van der Waals surface area contributed by atoms with Crippen LogP contribution >= 0.6 is 23.1 Å². The van der Waals surface area contributed by atoms with Crippen LogP contribution in [0.1, 0.15) is 32.0 Å². The van der Waals surface area contributed by atoms with Gasteiger partial charge in [-0.2, -0.15) is 16.5 Å². The molecule has 1 aromatic heterocycles. The van der Waals surface area contributed by atoms with Crippen LogP contribution in [0.2, 0.25) is 0 Å². The third kappa shape index (κ3) is 4.96. The molecule has 9 nitrogen and oxygen atoms in total. The van der Waals surface area contributed by atoms with Crippen LogP contribution in [0.3, 0.4) is 0 Å². The lowest BCUT2D eigenvalue weighted by Gasteiger charge is -2.14. The van der Waals surface area contributed by atoms with Crippen molar-refractivity contribution in [2.24, 2.45) is 0 Å². The van der Waals surface area contributed by atoms with Gasteiger partial charge in [-0.05, 0) is 30.9 Å². The lowest BCUT2D eigenvalue weighted by molar-refractivity contribution is -0.139. The predicted octanol–water partition coefficient (Wildman–Crippen LogP) is 1.11. The van der Waals surface area contributed by atoms with Crippen molar-refractivity contribution in [3.63, 3.8) is 0 Å². The van der Waals surface area contributed by atoms with Gasteiger partial charge in [-0.1, -0.05) is 0 Å². The number of methoxy groups -OCH3 is 2. The molecule has 1 atom stereocenters. The minimum atomic E-state index is -4.39. The molecule has 0 aromatic carbocycles. The van der Waals surface area contributed by atoms with Crippen LogP contribution in [0.25, 0.3) is 0 Å². The fraction of sp³-hybridized carbons (Fsp3) is 0.500. The SMILES string of the molecule is COC(=O)c1sc(S(=O)(=O)N[C@@H](CCSC)C(=O)O)c(C(=O)OC)c1C. The summed E-state index contributed by atoms with van der Waals surface area (Å²) in [6, 6.07) is -1.37. The first kappa shape index (κ1) is 22.4. The molecule has 0 amide bonds. The smallest absolute Gasteiger partial charge is 0.348 e. The molecular formula is C14H19NO8S3. The van der Waals surface area contributed by atoms with E-state index in [1.807, 2.05) is 0 Å². The molecule has 26 heavy (non-hydrogen) atoms. The highest BCUT2D eigenvalue weighted by Gasteiger charge is 2.35. The van der Waals surface area contributed by atoms with E-state index >= 15 is 0 Å². The van der Waals surface area contributed by atoms with E-state index in [9.17, 15) is 27.9 Å². The van der Waals surface area contributed by atoms with Crippen LogP contribution in [0.5, 0.6) is 0 Å². The quantitative estimate of drug-likeness (QED) is 0.558. The zero-order chi connectivity index (χ0) is 20.1. The Hall–Kier alpha value is -1.63.